The molecule has 0 amide bonds. The first-order chi connectivity index (χ1) is 13.5. The number of thiophene rings is 1. The number of rotatable bonds is 4. The third-order valence-electron chi connectivity index (χ3n) is 4.41. The van der Waals surface area contributed by atoms with Crippen LogP contribution in [-0.2, 0) is 4.74 Å². The number of fused-ring (bicyclic) bond motifs is 2. The number of aryl methyl sites for hydroxylation is 1. The molecule has 1 aromatic carbocycles. The van der Waals surface area contributed by atoms with Crippen LogP contribution >= 0.6 is 11.3 Å². The average Bonchev–Trinajstić information content (AvgIpc) is 3.23. The quantitative estimate of drug-likeness (QED) is 0.314. The highest BCUT2D eigenvalue weighted by molar-refractivity contribution is 7.20. The van der Waals surface area contributed by atoms with E-state index in [4.69, 9.17) is 4.74 Å². The zero-order chi connectivity index (χ0) is 19.8. The summed E-state index contributed by atoms with van der Waals surface area (Å²) >= 11 is 1.28. The van der Waals surface area contributed by atoms with Crippen LogP contribution < -0.4 is 5.69 Å². The Balaban J connectivity index is 1.63. The van der Waals surface area contributed by atoms with Gasteiger partial charge in [0.2, 0.25) is 0 Å². The summed E-state index contributed by atoms with van der Waals surface area (Å²) in [7, 11) is 1.35. The van der Waals surface area contributed by atoms with Crippen LogP contribution in [0.1, 0.15) is 31.2 Å². The number of nitrogens with one attached hydrogen (secondary N) is 2. The third kappa shape index (κ3) is 3.14. The lowest BCUT2D eigenvalue weighted by atomic mass is 10.1. The van der Waals surface area contributed by atoms with Crippen LogP contribution in [0.5, 0.6) is 0 Å². The largest absolute Gasteiger partial charge is 0.465 e. The van der Waals surface area contributed by atoms with Crippen LogP contribution in [0, 0.1) is 6.92 Å². The van der Waals surface area contributed by atoms with Crippen LogP contribution in [0.3, 0.4) is 0 Å². The number of pyridine rings is 1. The van der Waals surface area contributed by atoms with E-state index in [9.17, 15) is 14.4 Å². The molecule has 0 aliphatic carbocycles. The fourth-order valence-electron chi connectivity index (χ4n) is 2.95. The monoisotopic (exact) mass is 393 g/mol. The van der Waals surface area contributed by atoms with Crippen molar-refractivity contribution in [2.24, 2.45) is 0 Å². The van der Waals surface area contributed by atoms with E-state index in [1.165, 1.54) is 24.5 Å². The number of imidazole rings is 1. The van der Waals surface area contributed by atoms with E-state index in [1.54, 1.807) is 30.5 Å². The summed E-state index contributed by atoms with van der Waals surface area (Å²) < 4.78 is 4.80. The van der Waals surface area contributed by atoms with E-state index in [0.29, 0.717) is 21.5 Å². The topological polar surface area (TPSA) is 105 Å². The van der Waals surface area contributed by atoms with Crippen molar-refractivity contribution in [3.63, 3.8) is 0 Å². The Morgan fingerprint density at radius 2 is 1.96 bits per heavy atom. The van der Waals surface area contributed by atoms with Gasteiger partial charge < -0.3 is 14.7 Å². The first-order valence-electron chi connectivity index (χ1n) is 8.38. The molecular weight excluding hydrogens is 378 g/mol. The van der Waals surface area contributed by atoms with Crippen molar-refractivity contribution in [1.29, 1.82) is 0 Å². The van der Waals surface area contributed by atoms with Crippen molar-refractivity contribution in [2.75, 3.05) is 7.11 Å². The number of allylic oxidation sites excluding steroid dienone is 1. The fourth-order valence-corrected chi connectivity index (χ4v) is 4.00. The van der Waals surface area contributed by atoms with Crippen molar-refractivity contribution in [1.82, 2.24) is 15.0 Å². The molecule has 0 atom stereocenters. The van der Waals surface area contributed by atoms with Gasteiger partial charge in [0, 0.05) is 17.1 Å². The smallest absolute Gasteiger partial charge is 0.348 e. The van der Waals surface area contributed by atoms with Crippen molar-refractivity contribution < 1.29 is 14.3 Å². The number of benzene rings is 1. The van der Waals surface area contributed by atoms with Gasteiger partial charge in [-0.25, -0.2) is 14.6 Å². The lowest BCUT2D eigenvalue weighted by Gasteiger charge is -1.98. The lowest BCUT2D eigenvalue weighted by Crippen LogP contribution is -1.99. The van der Waals surface area contributed by atoms with Gasteiger partial charge in [0.05, 0.1) is 18.1 Å². The Hall–Kier alpha value is -3.52. The number of aromatic amines is 2. The van der Waals surface area contributed by atoms with Gasteiger partial charge in [-0.15, -0.1) is 11.3 Å². The van der Waals surface area contributed by atoms with Gasteiger partial charge in [-0.2, -0.15) is 0 Å². The summed E-state index contributed by atoms with van der Waals surface area (Å²) in [6.45, 7) is 1.85. The minimum Gasteiger partial charge on any atom is -0.465 e. The second-order valence-corrected chi connectivity index (χ2v) is 7.21. The minimum absolute atomic E-state index is 0.193. The molecule has 8 heteroatoms. The number of hydrogen-bond donors (Lipinski definition) is 2. The van der Waals surface area contributed by atoms with Crippen molar-refractivity contribution in [2.45, 2.75) is 6.92 Å². The number of esters is 1. The van der Waals surface area contributed by atoms with E-state index in [1.807, 2.05) is 13.0 Å². The highest BCUT2D eigenvalue weighted by Gasteiger charge is 2.16. The zero-order valence-electron chi connectivity index (χ0n) is 15.0. The number of ketones is 1. The third-order valence-corrected chi connectivity index (χ3v) is 5.61. The van der Waals surface area contributed by atoms with Gasteiger partial charge in [-0.05, 0) is 54.5 Å². The van der Waals surface area contributed by atoms with Crippen LogP contribution in [0.4, 0.5) is 0 Å². The molecule has 3 heterocycles. The SMILES string of the molecule is COC(=O)c1sc2ncc(/C=C/C(=O)c3ccc4[nH]c(=O)[nH]c4c3)cc2c1C. The number of carbonyl (C=O) groups is 2. The van der Waals surface area contributed by atoms with Crippen LogP contribution in [0.25, 0.3) is 27.3 Å². The zero-order valence-corrected chi connectivity index (χ0v) is 15.8. The predicted molar refractivity (Wildman–Crippen MR) is 108 cm³/mol. The van der Waals surface area contributed by atoms with Crippen molar-refractivity contribution >= 4 is 50.4 Å². The maximum absolute atomic E-state index is 12.5. The van der Waals surface area contributed by atoms with Gasteiger partial charge in [0.25, 0.3) is 0 Å². The van der Waals surface area contributed by atoms with E-state index in [-0.39, 0.29) is 17.4 Å². The Bertz CT molecular complexity index is 1330. The van der Waals surface area contributed by atoms with Gasteiger partial charge in [0.1, 0.15) is 9.71 Å². The second-order valence-electron chi connectivity index (χ2n) is 6.21. The molecule has 3 aromatic heterocycles. The summed E-state index contributed by atoms with van der Waals surface area (Å²) in [6.07, 6.45) is 4.78. The average molecular weight is 393 g/mol. The summed E-state index contributed by atoms with van der Waals surface area (Å²) in [6, 6.07) is 6.86. The second kappa shape index (κ2) is 6.90. The molecule has 28 heavy (non-hydrogen) atoms. The fraction of sp³-hybridized carbons (Fsp3) is 0.100. The molecule has 7 nitrogen and oxygen atoms in total. The van der Waals surface area contributed by atoms with E-state index < -0.39 is 0 Å². The molecule has 0 saturated heterocycles. The molecule has 0 saturated carbocycles. The number of H-pyrrole nitrogens is 2. The lowest BCUT2D eigenvalue weighted by molar-refractivity contribution is 0.0605. The minimum atomic E-state index is -0.383. The Morgan fingerprint density at radius 3 is 2.75 bits per heavy atom. The molecule has 4 aromatic rings. The standard InChI is InChI=1S/C20H15N3O4S/c1-10-13-7-11(9-21-18(13)28-17(10)19(25)27-2)3-6-16(24)12-4-5-14-15(8-12)23-20(26)22-14/h3-9H,1-2H3,(H2,22,23,26)/b6-3+. The van der Waals surface area contributed by atoms with Crippen LogP contribution in [0.15, 0.2) is 41.3 Å². The summed E-state index contributed by atoms with van der Waals surface area (Å²) in [4.78, 5) is 46.5. The van der Waals surface area contributed by atoms with Gasteiger partial charge >= 0.3 is 11.7 Å². The molecule has 0 spiro atoms. The molecule has 0 bridgehead atoms. The number of ether oxygens (including phenoxy) is 1. The van der Waals surface area contributed by atoms with Crippen molar-refractivity contribution in [3.8, 4) is 0 Å². The number of methoxy groups -OCH3 is 1. The van der Waals surface area contributed by atoms with Crippen LogP contribution in [-0.4, -0.2) is 33.8 Å². The molecular formula is C20H15N3O4S. The molecule has 2 N–H and O–H groups in total. The van der Waals surface area contributed by atoms with Gasteiger partial charge in [-0.3, -0.25) is 4.79 Å². The van der Waals surface area contributed by atoms with Crippen molar-refractivity contribution in [3.05, 3.63) is 68.6 Å². The maximum Gasteiger partial charge on any atom is 0.348 e. The molecule has 0 radical (unpaired) electrons. The molecule has 140 valence electrons. The van der Waals surface area contributed by atoms with Gasteiger partial charge in [-0.1, -0.05) is 0 Å². The van der Waals surface area contributed by atoms with E-state index in [2.05, 4.69) is 15.0 Å². The molecule has 0 aliphatic heterocycles. The molecule has 4 rings (SSSR count). The van der Waals surface area contributed by atoms with Gasteiger partial charge in [0.15, 0.2) is 5.78 Å². The Morgan fingerprint density at radius 1 is 1.18 bits per heavy atom. The highest BCUT2D eigenvalue weighted by atomic mass is 32.1. The number of aromatic nitrogens is 3. The summed E-state index contributed by atoms with van der Waals surface area (Å²) in [5, 5.41) is 0.853. The first-order valence-corrected chi connectivity index (χ1v) is 9.20. The van der Waals surface area contributed by atoms with Crippen LogP contribution in [0.2, 0.25) is 0 Å². The predicted octanol–water partition coefficient (Wildman–Crippen LogP) is 3.46. The molecule has 0 fully saturated rings. The summed E-state index contributed by atoms with van der Waals surface area (Å²) in [5.41, 5.74) is 2.93. The highest BCUT2D eigenvalue weighted by Crippen LogP contribution is 2.30. The Labute approximate surface area is 162 Å². The maximum atomic E-state index is 12.5. The molecule has 0 unspecified atom stereocenters. The number of hydrogen-bond acceptors (Lipinski definition) is 6. The summed E-state index contributed by atoms with van der Waals surface area (Å²) in [5.74, 6) is -0.577. The van der Waals surface area contributed by atoms with E-state index >= 15 is 0 Å². The normalized spacial score (nSPS) is 11.5. The number of carbonyl (C=O) groups excluding carboxylic acids is 2. The first kappa shape index (κ1) is 17.9. The number of nitrogens with zero attached hydrogens (tertiary/aromatic N) is 1. The van der Waals surface area contributed by atoms with E-state index in [0.717, 1.165) is 21.3 Å². The molecule has 0 aliphatic rings. The Kier molecular flexibility index (Phi) is 4.40.